The van der Waals surface area contributed by atoms with E-state index in [1.54, 1.807) is 6.26 Å². The van der Waals surface area contributed by atoms with Crippen LogP contribution in [0.2, 0.25) is 5.22 Å². The van der Waals surface area contributed by atoms with Gasteiger partial charge in [-0.3, -0.25) is 0 Å². The zero-order chi connectivity index (χ0) is 12.0. The zero-order valence-electron chi connectivity index (χ0n) is 10.4. The number of furan rings is 1. The minimum atomic E-state index is 0.327. The lowest BCUT2D eigenvalue weighted by Gasteiger charge is -2.18. The third-order valence-corrected chi connectivity index (χ3v) is 3.00. The number of halogens is 1. The molecule has 0 aromatic carbocycles. The third kappa shape index (κ3) is 4.18. The summed E-state index contributed by atoms with van der Waals surface area (Å²) in [6.45, 7) is 7.68. The Balaban J connectivity index is 2.60. The van der Waals surface area contributed by atoms with Gasteiger partial charge in [0.25, 0.3) is 0 Å². The summed E-state index contributed by atoms with van der Waals surface area (Å²) in [5, 5.41) is 4.05. The molecular formula is C13H22ClNO. The fourth-order valence-electron chi connectivity index (χ4n) is 1.74. The Hall–Kier alpha value is -0.470. The highest BCUT2D eigenvalue weighted by atomic mass is 35.5. The van der Waals surface area contributed by atoms with E-state index in [0.29, 0.717) is 11.3 Å². The van der Waals surface area contributed by atoms with Crippen molar-refractivity contribution in [3.05, 3.63) is 23.1 Å². The molecule has 1 rings (SSSR count). The van der Waals surface area contributed by atoms with E-state index < -0.39 is 0 Å². The van der Waals surface area contributed by atoms with E-state index in [-0.39, 0.29) is 0 Å². The van der Waals surface area contributed by atoms with Crippen molar-refractivity contribution in [3.63, 3.8) is 0 Å². The molecule has 1 atom stereocenters. The molecule has 0 spiro atoms. The Labute approximate surface area is 103 Å². The van der Waals surface area contributed by atoms with Crippen LogP contribution in [-0.4, -0.2) is 6.54 Å². The maximum Gasteiger partial charge on any atom is 0.197 e. The molecule has 0 saturated carbocycles. The van der Waals surface area contributed by atoms with Crippen molar-refractivity contribution in [1.82, 2.24) is 5.32 Å². The van der Waals surface area contributed by atoms with Crippen molar-refractivity contribution < 1.29 is 4.42 Å². The van der Waals surface area contributed by atoms with E-state index in [1.807, 2.05) is 6.07 Å². The SMILES string of the molecule is CCCNC(CCC(C)C)c1ccoc1Cl. The second kappa shape index (κ2) is 6.97. The van der Waals surface area contributed by atoms with Crippen LogP contribution in [0.25, 0.3) is 0 Å². The van der Waals surface area contributed by atoms with Crippen LogP contribution in [0.3, 0.4) is 0 Å². The predicted molar refractivity (Wildman–Crippen MR) is 68.8 cm³/mol. The number of nitrogens with one attached hydrogen (secondary N) is 1. The maximum absolute atomic E-state index is 6.02. The monoisotopic (exact) mass is 243 g/mol. The van der Waals surface area contributed by atoms with Gasteiger partial charge in [-0.1, -0.05) is 20.8 Å². The Kier molecular flexibility index (Phi) is 5.93. The Morgan fingerprint density at radius 3 is 2.62 bits per heavy atom. The zero-order valence-corrected chi connectivity index (χ0v) is 11.2. The highest BCUT2D eigenvalue weighted by Gasteiger charge is 2.16. The molecule has 2 nitrogen and oxygen atoms in total. The summed E-state index contributed by atoms with van der Waals surface area (Å²) >= 11 is 6.02. The van der Waals surface area contributed by atoms with Crippen LogP contribution >= 0.6 is 11.6 Å². The molecule has 16 heavy (non-hydrogen) atoms. The first-order valence-electron chi connectivity index (χ1n) is 6.11. The molecule has 1 unspecified atom stereocenters. The molecule has 0 aliphatic rings. The van der Waals surface area contributed by atoms with Crippen molar-refractivity contribution in [2.75, 3.05) is 6.54 Å². The number of hydrogen-bond donors (Lipinski definition) is 1. The Morgan fingerprint density at radius 2 is 2.12 bits per heavy atom. The second-order valence-corrected chi connectivity index (χ2v) is 4.97. The lowest BCUT2D eigenvalue weighted by atomic mass is 9.99. The quantitative estimate of drug-likeness (QED) is 0.768. The summed E-state index contributed by atoms with van der Waals surface area (Å²) < 4.78 is 5.16. The van der Waals surface area contributed by atoms with E-state index in [1.165, 1.54) is 6.42 Å². The molecule has 1 heterocycles. The van der Waals surface area contributed by atoms with Crippen LogP contribution < -0.4 is 5.32 Å². The largest absolute Gasteiger partial charge is 0.453 e. The molecule has 0 saturated heterocycles. The summed E-state index contributed by atoms with van der Waals surface area (Å²) in [4.78, 5) is 0. The summed E-state index contributed by atoms with van der Waals surface area (Å²) in [6.07, 6.45) is 5.10. The van der Waals surface area contributed by atoms with Crippen molar-refractivity contribution in [2.45, 2.75) is 46.1 Å². The van der Waals surface area contributed by atoms with Crippen molar-refractivity contribution >= 4 is 11.6 Å². The summed E-state index contributed by atoms with van der Waals surface area (Å²) in [6, 6.07) is 2.30. The molecule has 0 bridgehead atoms. The summed E-state index contributed by atoms with van der Waals surface area (Å²) in [5.41, 5.74) is 1.09. The molecule has 3 heteroatoms. The molecule has 92 valence electrons. The van der Waals surface area contributed by atoms with Crippen molar-refractivity contribution in [2.24, 2.45) is 5.92 Å². The van der Waals surface area contributed by atoms with Crippen LogP contribution in [0.1, 0.15) is 51.6 Å². The average Bonchev–Trinajstić information content (AvgIpc) is 2.65. The lowest BCUT2D eigenvalue weighted by Crippen LogP contribution is -2.22. The van der Waals surface area contributed by atoms with E-state index in [4.69, 9.17) is 16.0 Å². The van der Waals surface area contributed by atoms with Gasteiger partial charge in [-0.15, -0.1) is 0 Å². The minimum Gasteiger partial charge on any atom is -0.453 e. The van der Waals surface area contributed by atoms with Gasteiger partial charge in [-0.05, 0) is 49.4 Å². The fraction of sp³-hybridized carbons (Fsp3) is 0.692. The van der Waals surface area contributed by atoms with Gasteiger partial charge in [-0.2, -0.15) is 0 Å². The minimum absolute atomic E-state index is 0.327. The Morgan fingerprint density at radius 1 is 1.38 bits per heavy atom. The van der Waals surface area contributed by atoms with Crippen LogP contribution in [-0.2, 0) is 0 Å². The normalized spacial score (nSPS) is 13.3. The second-order valence-electron chi connectivity index (χ2n) is 4.63. The predicted octanol–water partition coefficient (Wildman–Crippen LogP) is 4.41. The Bertz CT molecular complexity index is 296. The topological polar surface area (TPSA) is 25.2 Å². The van der Waals surface area contributed by atoms with Gasteiger partial charge < -0.3 is 9.73 Å². The molecular weight excluding hydrogens is 222 g/mol. The average molecular weight is 244 g/mol. The fourth-order valence-corrected chi connectivity index (χ4v) is 1.99. The maximum atomic E-state index is 6.02. The van der Waals surface area contributed by atoms with Crippen molar-refractivity contribution in [1.29, 1.82) is 0 Å². The third-order valence-electron chi connectivity index (χ3n) is 2.69. The van der Waals surface area contributed by atoms with Crippen LogP contribution in [0.5, 0.6) is 0 Å². The number of rotatable bonds is 7. The smallest absolute Gasteiger partial charge is 0.197 e. The molecule has 1 N–H and O–H groups in total. The highest BCUT2D eigenvalue weighted by Crippen LogP contribution is 2.28. The summed E-state index contributed by atoms with van der Waals surface area (Å²) in [7, 11) is 0. The van der Waals surface area contributed by atoms with Crippen LogP contribution in [0, 0.1) is 5.92 Å². The van der Waals surface area contributed by atoms with Gasteiger partial charge in [0.05, 0.1) is 6.26 Å². The van der Waals surface area contributed by atoms with E-state index in [0.717, 1.165) is 30.9 Å². The standard InChI is InChI=1S/C13H22ClNO/c1-4-8-15-12(6-5-10(2)3)11-7-9-16-13(11)14/h7,9-10,12,15H,4-6,8H2,1-3H3. The van der Waals surface area contributed by atoms with Crippen LogP contribution in [0.4, 0.5) is 0 Å². The molecule has 0 aliphatic carbocycles. The molecule has 1 aromatic rings. The highest BCUT2D eigenvalue weighted by molar-refractivity contribution is 6.29. The van der Waals surface area contributed by atoms with Crippen LogP contribution in [0.15, 0.2) is 16.7 Å². The van der Waals surface area contributed by atoms with E-state index in [9.17, 15) is 0 Å². The van der Waals surface area contributed by atoms with Gasteiger partial charge in [0, 0.05) is 11.6 Å². The van der Waals surface area contributed by atoms with E-state index in [2.05, 4.69) is 26.1 Å². The van der Waals surface area contributed by atoms with Gasteiger partial charge in [0.15, 0.2) is 5.22 Å². The molecule has 0 amide bonds. The first kappa shape index (κ1) is 13.6. The van der Waals surface area contributed by atoms with Crippen molar-refractivity contribution in [3.8, 4) is 0 Å². The molecule has 0 fully saturated rings. The van der Waals surface area contributed by atoms with Gasteiger partial charge >= 0.3 is 0 Å². The van der Waals surface area contributed by atoms with E-state index >= 15 is 0 Å². The summed E-state index contributed by atoms with van der Waals surface area (Å²) in [5.74, 6) is 0.719. The molecule has 1 aromatic heterocycles. The van der Waals surface area contributed by atoms with Gasteiger partial charge in [0.2, 0.25) is 0 Å². The molecule has 0 radical (unpaired) electrons. The lowest BCUT2D eigenvalue weighted by molar-refractivity contribution is 0.437. The van der Waals surface area contributed by atoms with Gasteiger partial charge in [0.1, 0.15) is 0 Å². The first-order valence-corrected chi connectivity index (χ1v) is 6.49. The number of hydrogen-bond acceptors (Lipinski definition) is 2. The molecule has 0 aliphatic heterocycles. The first-order chi connectivity index (χ1) is 7.65. The van der Waals surface area contributed by atoms with Gasteiger partial charge in [-0.25, -0.2) is 0 Å².